The molecule has 0 saturated heterocycles. The van der Waals surface area contributed by atoms with Gasteiger partial charge in [0.05, 0.1) is 13.7 Å². The van der Waals surface area contributed by atoms with Crippen molar-refractivity contribution in [2.45, 2.75) is 13.3 Å². The van der Waals surface area contributed by atoms with Crippen LogP contribution in [-0.2, 0) is 0 Å². The Balaban J connectivity index is 2.15. The van der Waals surface area contributed by atoms with E-state index < -0.39 is 0 Å². The van der Waals surface area contributed by atoms with Gasteiger partial charge in [0.25, 0.3) is 0 Å². The molecule has 1 N–H and O–H groups in total. The molecule has 0 saturated carbocycles. The van der Waals surface area contributed by atoms with Crippen molar-refractivity contribution in [1.29, 1.82) is 0 Å². The van der Waals surface area contributed by atoms with Crippen molar-refractivity contribution >= 4 is 11.9 Å². The highest BCUT2D eigenvalue weighted by molar-refractivity contribution is 6.06. The maximum Gasteiger partial charge on any atom is 0.185 e. The number of phenolic OH excluding ortho intramolecular Hbond substituents is 1. The topological polar surface area (TPSA) is 55.8 Å². The minimum Gasteiger partial charge on any atom is -0.508 e. The summed E-state index contributed by atoms with van der Waals surface area (Å²) in [4.78, 5) is 12.1. The van der Waals surface area contributed by atoms with Crippen LogP contribution in [0.2, 0.25) is 0 Å². The van der Waals surface area contributed by atoms with E-state index in [1.54, 1.807) is 25.3 Å². The normalized spacial score (nSPS) is 10.7. The summed E-state index contributed by atoms with van der Waals surface area (Å²) in [6.45, 7) is 2.64. The Bertz CT molecular complexity index is 687. The van der Waals surface area contributed by atoms with Gasteiger partial charge in [-0.2, -0.15) is 0 Å². The summed E-state index contributed by atoms with van der Waals surface area (Å²) < 4.78 is 10.9. The van der Waals surface area contributed by atoms with Crippen LogP contribution in [0.3, 0.4) is 0 Å². The highest BCUT2D eigenvalue weighted by Crippen LogP contribution is 2.28. The van der Waals surface area contributed by atoms with Crippen LogP contribution in [0.4, 0.5) is 0 Å². The lowest BCUT2D eigenvalue weighted by atomic mass is 10.1. The summed E-state index contributed by atoms with van der Waals surface area (Å²) in [5, 5.41) is 9.24. The Kier molecular flexibility index (Phi) is 5.80. The third kappa shape index (κ3) is 4.61. The molecule has 0 amide bonds. The fraction of sp³-hybridized carbons (Fsp3) is 0.211. The molecule has 0 heterocycles. The number of hydrogen-bond donors (Lipinski definition) is 1. The summed E-state index contributed by atoms with van der Waals surface area (Å²) in [6, 6.07) is 11.7. The number of ether oxygens (including phenoxy) is 2. The van der Waals surface area contributed by atoms with E-state index in [0.29, 0.717) is 23.7 Å². The van der Waals surface area contributed by atoms with Crippen LogP contribution in [0.25, 0.3) is 6.08 Å². The first-order valence-corrected chi connectivity index (χ1v) is 7.46. The monoisotopic (exact) mass is 312 g/mol. The summed E-state index contributed by atoms with van der Waals surface area (Å²) in [7, 11) is 1.60. The molecule has 4 nitrogen and oxygen atoms in total. The lowest BCUT2D eigenvalue weighted by molar-refractivity contribution is 0.104. The van der Waals surface area contributed by atoms with E-state index in [1.807, 2.05) is 25.1 Å². The van der Waals surface area contributed by atoms with E-state index in [1.165, 1.54) is 18.2 Å². The molecule has 0 unspecified atom stereocenters. The largest absolute Gasteiger partial charge is 0.508 e. The number of ketones is 1. The molecule has 0 bridgehead atoms. The Morgan fingerprint density at radius 1 is 1.13 bits per heavy atom. The number of methoxy groups -OCH3 is 1. The van der Waals surface area contributed by atoms with Gasteiger partial charge in [0.1, 0.15) is 5.75 Å². The molecule has 0 aliphatic heterocycles. The average molecular weight is 312 g/mol. The van der Waals surface area contributed by atoms with Gasteiger partial charge < -0.3 is 14.6 Å². The SMILES string of the molecule is CCCOc1cc(C=CC(=O)c2ccc(O)cc2)ccc1OC. The number of carbonyl (C=O) groups excluding carboxylic acids is 1. The maximum atomic E-state index is 12.1. The molecule has 23 heavy (non-hydrogen) atoms. The Morgan fingerprint density at radius 2 is 1.87 bits per heavy atom. The number of benzene rings is 2. The van der Waals surface area contributed by atoms with Crippen LogP contribution < -0.4 is 9.47 Å². The molecule has 0 aliphatic carbocycles. The van der Waals surface area contributed by atoms with Crippen LogP contribution in [-0.4, -0.2) is 24.6 Å². The molecule has 120 valence electrons. The lowest BCUT2D eigenvalue weighted by Crippen LogP contribution is -1.98. The van der Waals surface area contributed by atoms with E-state index >= 15 is 0 Å². The number of carbonyl (C=O) groups is 1. The number of phenols is 1. The number of rotatable bonds is 7. The lowest BCUT2D eigenvalue weighted by Gasteiger charge is -2.10. The van der Waals surface area contributed by atoms with Gasteiger partial charge in [0, 0.05) is 5.56 Å². The van der Waals surface area contributed by atoms with Crippen LogP contribution in [0.15, 0.2) is 48.5 Å². The van der Waals surface area contributed by atoms with Gasteiger partial charge in [-0.25, -0.2) is 0 Å². The van der Waals surface area contributed by atoms with Gasteiger partial charge >= 0.3 is 0 Å². The van der Waals surface area contributed by atoms with Crippen molar-refractivity contribution in [2.75, 3.05) is 13.7 Å². The van der Waals surface area contributed by atoms with E-state index in [2.05, 4.69) is 0 Å². The second-order valence-electron chi connectivity index (χ2n) is 5.00. The molecule has 4 heteroatoms. The molecule has 0 fully saturated rings. The Morgan fingerprint density at radius 3 is 2.52 bits per heavy atom. The maximum absolute atomic E-state index is 12.1. The molecule has 0 aromatic heterocycles. The van der Waals surface area contributed by atoms with Crippen LogP contribution in [0, 0.1) is 0 Å². The predicted octanol–water partition coefficient (Wildman–Crippen LogP) is 4.09. The Hall–Kier alpha value is -2.75. The van der Waals surface area contributed by atoms with Gasteiger partial charge in [-0.15, -0.1) is 0 Å². The second-order valence-corrected chi connectivity index (χ2v) is 5.00. The second kappa shape index (κ2) is 8.03. The summed E-state index contributed by atoms with van der Waals surface area (Å²) in [5.41, 5.74) is 1.37. The smallest absolute Gasteiger partial charge is 0.185 e. The fourth-order valence-corrected chi connectivity index (χ4v) is 2.02. The third-order valence-corrected chi connectivity index (χ3v) is 3.23. The van der Waals surface area contributed by atoms with E-state index in [-0.39, 0.29) is 11.5 Å². The minimum atomic E-state index is -0.128. The van der Waals surface area contributed by atoms with Crippen molar-refractivity contribution in [3.63, 3.8) is 0 Å². The van der Waals surface area contributed by atoms with Gasteiger partial charge in [0.2, 0.25) is 0 Å². The zero-order valence-corrected chi connectivity index (χ0v) is 13.3. The van der Waals surface area contributed by atoms with Gasteiger partial charge in [-0.1, -0.05) is 19.1 Å². The number of allylic oxidation sites excluding steroid dienone is 1. The molecule has 2 aromatic carbocycles. The molecular weight excluding hydrogens is 292 g/mol. The molecular formula is C19H20O4. The summed E-state index contributed by atoms with van der Waals surface area (Å²) in [5.74, 6) is 1.34. The first-order chi connectivity index (χ1) is 11.1. The van der Waals surface area contributed by atoms with Crippen molar-refractivity contribution in [3.8, 4) is 17.2 Å². The zero-order chi connectivity index (χ0) is 16.7. The van der Waals surface area contributed by atoms with Gasteiger partial charge in [0.15, 0.2) is 17.3 Å². The molecule has 0 spiro atoms. The van der Waals surface area contributed by atoms with Crippen LogP contribution in [0.1, 0.15) is 29.3 Å². The molecule has 0 atom stereocenters. The molecule has 2 rings (SSSR count). The van der Waals surface area contributed by atoms with Crippen molar-refractivity contribution < 1.29 is 19.4 Å². The first kappa shape index (κ1) is 16.6. The minimum absolute atomic E-state index is 0.128. The average Bonchev–Trinajstić information content (AvgIpc) is 2.58. The van der Waals surface area contributed by atoms with Crippen molar-refractivity contribution in [1.82, 2.24) is 0 Å². The molecule has 0 aliphatic rings. The number of aromatic hydroxyl groups is 1. The summed E-state index contributed by atoms with van der Waals surface area (Å²) >= 11 is 0. The van der Waals surface area contributed by atoms with Gasteiger partial charge in [-0.3, -0.25) is 4.79 Å². The number of hydrogen-bond acceptors (Lipinski definition) is 4. The quantitative estimate of drug-likeness (QED) is 0.618. The van der Waals surface area contributed by atoms with Crippen molar-refractivity contribution in [3.05, 3.63) is 59.7 Å². The Labute approximate surface area is 136 Å². The molecule has 0 radical (unpaired) electrons. The van der Waals surface area contributed by atoms with Crippen LogP contribution >= 0.6 is 0 Å². The van der Waals surface area contributed by atoms with Crippen molar-refractivity contribution in [2.24, 2.45) is 0 Å². The third-order valence-electron chi connectivity index (χ3n) is 3.23. The van der Waals surface area contributed by atoms with E-state index in [9.17, 15) is 9.90 Å². The predicted molar refractivity (Wildman–Crippen MR) is 90.3 cm³/mol. The highest BCUT2D eigenvalue weighted by Gasteiger charge is 2.05. The van der Waals surface area contributed by atoms with E-state index in [0.717, 1.165) is 12.0 Å². The fourth-order valence-electron chi connectivity index (χ4n) is 2.02. The highest BCUT2D eigenvalue weighted by atomic mass is 16.5. The van der Waals surface area contributed by atoms with Crippen LogP contribution in [0.5, 0.6) is 17.2 Å². The zero-order valence-electron chi connectivity index (χ0n) is 13.3. The molecule has 2 aromatic rings. The standard InChI is InChI=1S/C19H20O4/c1-3-12-23-19-13-14(5-11-18(19)22-2)4-10-17(21)15-6-8-16(20)9-7-15/h4-11,13,20H,3,12H2,1-2H3. The van der Waals surface area contributed by atoms with Gasteiger partial charge in [-0.05, 0) is 54.5 Å². The first-order valence-electron chi connectivity index (χ1n) is 7.46. The van der Waals surface area contributed by atoms with E-state index in [4.69, 9.17) is 9.47 Å². The summed E-state index contributed by atoms with van der Waals surface area (Å²) in [6.07, 6.45) is 4.13.